The maximum Gasteiger partial charge on any atom is 0.257 e. The van der Waals surface area contributed by atoms with Crippen LogP contribution >= 0.6 is 0 Å². The number of furan rings is 1. The summed E-state index contributed by atoms with van der Waals surface area (Å²) in [5, 5.41) is 8.24. The van der Waals surface area contributed by atoms with Gasteiger partial charge < -0.3 is 14.3 Å². The van der Waals surface area contributed by atoms with Crippen molar-refractivity contribution in [2.45, 2.75) is 27.3 Å². The van der Waals surface area contributed by atoms with Gasteiger partial charge in [-0.2, -0.15) is 5.10 Å². The van der Waals surface area contributed by atoms with E-state index in [1.807, 2.05) is 52.1 Å². The van der Waals surface area contributed by atoms with Crippen LogP contribution in [0.2, 0.25) is 0 Å². The average molecular weight is 363 g/mol. The summed E-state index contributed by atoms with van der Waals surface area (Å²) in [5.41, 5.74) is 4.87. The molecule has 0 unspecified atom stereocenters. The lowest BCUT2D eigenvalue weighted by molar-refractivity contribution is 0.102. The predicted molar refractivity (Wildman–Crippen MR) is 103 cm³/mol. The van der Waals surface area contributed by atoms with E-state index >= 15 is 0 Å². The standard InChI is InChI=1S/C20H21N5O2/c1-12-8-18(14(3)25(12)11-16-6-5-7-27-16)20(26)22-15-9-17-13(2)23-24(4)19(17)21-10-15/h5-10H,11H2,1-4H3,(H,22,26). The third-order valence-corrected chi connectivity index (χ3v) is 4.83. The van der Waals surface area contributed by atoms with Gasteiger partial charge in [-0.3, -0.25) is 9.48 Å². The van der Waals surface area contributed by atoms with Crippen LogP contribution < -0.4 is 5.32 Å². The van der Waals surface area contributed by atoms with E-state index in [1.165, 1.54) is 0 Å². The monoisotopic (exact) mass is 363 g/mol. The Morgan fingerprint density at radius 3 is 2.81 bits per heavy atom. The highest BCUT2D eigenvalue weighted by molar-refractivity contribution is 6.05. The van der Waals surface area contributed by atoms with Gasteiger partial charge in [-0.05, 0) is 45.0 Å². The number of pyridine rings is 1. The molecule has 0 saturated heterocycles. The van der Waals surface area contributed by atoms with Crippen molar-refractivity contribution in [1.29, 1.82) is 0 Å². The number of rotatable bonds is 4. The number of carbonyl (C=O) groups is 1. The van der Waals surface area contributed by atoms with Gasteiger partial charge in [0.15, 0.2) is 5.65 Å². The van der Waals surface area contributed by atoms with Gasteiger partial charge in [0.1, 0.15) is 5.76 Å². The zero-order chi connectivity index (χ0) is 19.1. The second kappa shape index (κ2) is 6.42. The van der Waals surface area contributed by atoms with E-state index < -0.39 is 0 Å². The van der Waals surface area contributed by atoms with Crippen LogP contribution in [0, 0.1) is 20.8 Å². The molecule has 1 amide bonds. The normalized spacial score (nSPS) is 11.3. The Morgan fingerprint density at radius 1 is 1.26 bits per heavy atom. The molecule has 7 heteroatoms. The van der Waals surface area contributed by atoms with Crippen molar-refractivity contribution in [3.63, 3.8) is 0 Å². The first kappa shape index (κ1) is 17.1. The lowest BCUT2D eigenvalue weighted by Crippen LogP contribution is -2.13. The fraction of sp³-hybridized carbons (Fsp3) is 0.250. The number of anilines is 1. The highest BCUT2D eigenvalue weighted by Gasteiger charge is 2.17. The topological polar surface area (TPSA) is 77.9 Å². The van der Waals surface area contributed by atoms with Crippen molar-refractivity contribution in [3.8, 4) is 0 Å². The molecular weight excluding hydrogens is 342 g/mol. The van der Waals surface area contributed by atoms with Crippen LogP contribution in [0.5, 0.6) is 0 Å². The first-order valence-corrected chi connectivity index (χ1v) is 8.74. The van der Waals surface area contributed by atoms with Crippen LogP contribution in [0.4, 0.5) is 5.69 Å². The number of fused-ring (bicyclic) bond motifs is 1. The van der Waals surface area contributed by atoms with Crippen LogP contribution in [0.1, 0.15) is 33.2 Å². The van der Waals surface area contributed by atoms with E-state index in [1.54, 1.807) is 17.1 Å². The quantitative estimate of drug-likeness (QED) is 0.601. The Bertz CT molecular complexity index is 1140. The number of nitrogens with zero attached hydrogens (tertiary/aromatic N) is 4. The highest BCUT2D eigenvalue weighted by atomic mass is 16.3. The van der Waals surface area contributed by atoms with Crippen LogP contribution in [-0.4, -0.2) is 25.2 Å². The molecule has 27 heavy (non-hydrogen) atoms. The van der Waals surface area contributed by atoms with E-state index in [0.717, 1.165) is 33.9 Å². The van der Waals surface area contributed by atoms with Crippen molar-refractivity contribution in [3.05, 3.63) is 65.1 Å². The number of amides is 1. The SMILES string of the molecule is Cc1nn(C)c2ncc(NC(=O)c3cc(C)n(Cc4ccco4)c3C)cc12. The molecule has 1 N–H and O–H groups in total. The van der Waals surface area contributed by atoms with Crippen LogP contribution in [0.3, 0.4) is 0 Å². The minimum Gasteiger partial charge on any atom is -0.467 e. The summed E-state index contributed by atoms with van der Waals surface area (Å²) in [6.45, 7) is 6.45. The Kier molecular flexibility index (Phi) is 4.07. The van der Waals surface area contributed by atoms with Gasteiger partial charge >= 0.3 is 0 Å². The van der Waals surface area contributed by atoms with E-state index in [0.29, 0.717) is 17.8 Å². The molecule has 0 radical (unpaired) electrons. The Hall–Kier alpha value is -3.35. The number of carbonyl (C=O) groups excluding carboxylic acids is 1. The molecule has 0 bridgehead atoms. The number of hydrogen-bond acceptors (Lipinski definition) is 4. The van der Waals surface area contributed by atoms with Gasteiger partial charge in [0.25, 0.3) is 5.91 Å². The molecule has 0 spiro atoms. The predicted octanol–water partition coefficient (Wildman–Crippen LogP) is 3.59. The van der Waals surface area contributed by atoms with Crippen molar-refractivity contribution in [2.24, 2.45) is 7.05 Å². The van der Waals surface area contributed by atoms with E-state index in [4.69, 9.17) is 4.42 Å². The highest BCUT2D eigenvalue weighted by Crippen LogP contribution is 2.22. The maximum absolute atomic E-state index is 12.8. The summed E-state index contributed by atoms with van der Waals surface area (Å²) in [6, 6.07) is 7.59. The zero-order valence-electron chi connectivity index (χ0n) is 15.8. The number of aromatic nitrogens is 4. The van der Waals surface area contributed by atoms with Gasteiger partial charge in [0, 0.05) is 23.8 Å². The molecule has 4 heterocycles. The minimum atomic E-state index is -0.156. The average Bonchev–Trinajstić information content (AvgIpc) is 3.31. The van der Waals surface area contributed by atoms with Crippen LogP contribution in [-0.2, 0) is 13.6 Å². The number of hydrogen-bond donors (Lipinski definition) is 1. The number of aryl methyl sites for hydroxylation is 3. The Labute approximate surface area is 156 Å². The van der Waals surface area contributed by atoms with Gasteiger partial charge in [0.05, 0.1) is 35.9 Å². The molecular formula is C20H21N5O2. The molecule has 0 aromatic carbocycles. The number of nitrogens with one attached hydrogen (secondary N) is 1. The Morgan fingerprint density at radius 2 is 2.07 bits per heavy atom. The minimum absolute atomic E-state index is 0.156. The smallest absolute Gasteiger partial charge is 0.257 e. The molecule has 0 aliphatic carbocycles. The fourth-order valence-electron chi connectivity index (χ4n) is 3.41. The lowest BCUT2D eigenvalue weighted by Gasteiger charge is -2.08. The fourth-order valence-corrected chi connectivity index (χ4v) is 3.41. The molecule has 0 aliphatic heterocycles. The lowest BCUT2D eigenvalue weighted by atomic mass is 10.2. The van der Waals surface area contributed by atoms with Gasteiger partial charge in [0.2, 0.25) is 0 Å². The first-order valence-electron chi connectivity index (χ1n) is 8.74. The van der Waals surface area contributed by atoms with Gasteiger partial charge in [-0.15, -0.1) is 0 Å². The van der Waals surface area contributed by atoms with E-state index in [9.17, 15) is 4.79 Å². The molecule has 4 rings (SSSR count). The maximum atomic E-state index is 12.8. The molecule has 4 aromatic rings. The first-order chi connectivity index (χ1) is 12.9. The van der Waals surface area contributed by atoms with Gasteiger partial charge in [-0.25, -0.2) is 4.98 Å². The largest absolute Gasteiger partial charge is 0.467 e. The van der Waals surface area contributed by atoms with E-state index in [-0.39, 0.29) is 5.91 Å². The zero-order valence-corrected chi connectivity index (χ0v) is 15.8. The van der Waals surface area contributed by atoms with Crippen molar-refractivity contribution < 1.29 is 9.21 Å². The summed E-state index contributed by atoms with van der Waals surface area (Å²) in [7, 11) is 1.86. The van der Waals surface area contributed by atoms with Gasteiger partial charge in [-0.1, -0.05) is 0 Å². The molecule has 138 valence electrons. The summed E-state index contributed by atoms with van der Waals surface area (Å²) in [5.74, 6) is 0.696. The van der Waals surface area contributed by atoms with Crippen LogP contribution in [0.25, 0.3) is 11.0 Å². The third kappa shape index (κ3) is 3.01. The summed E-state index contributed by atoms with van der Waals surface area (Å²) >= 11 is 0. The third-order valence-electron chi connectivity index (χ3n) is 4.83. The molecule has 7 nitrogen and oxygen atoms in total. The van der Waals surface area contributed by atoms with Crippen LogP contribution in [0.15, 0.2) is 41.1 Å². The summed E-state index contributed by atoms with van der Waals surface area (Å²) in [6.07, 6.45) is 3.31. The van der Waals surface area contributed by atoms with Crippen molar-refractivity contribution in [1.82, 2.24) is 19.3 Å². The van der Waals surface area contributed by atoms with Crippen molar-refractivity contribution in [2.75, 3.05) is 5.32 Å². The molecule has 0 saturated carbocycles. The van der Waals surface area contributed by atoms with Crippen molar-refractivity contribution >= 4 is 22.6 Å². The second-order valence-corrected chi connectivity index (χ2v) is 6.71. The van der Waals surface area contributed by atoms with E-state index in [2.05, 4.69) is 20.0 Å². The second-order valence-electron chi connectivity index (χ2n) is 6.71. The summed E-state index contributed by atoms with van der Waals surface area (Å²) < 4.78 is 9.23. The molecule has 4 aromatic heterocycles. The molecule has 0 aliphatic rings. The molecule has 0 atom stereocenters. The summed E-state index contributed by atoms with van der Waals surface area (Å²) in [4.78, 5) is 17.2. The molecule has 0 fully saturated rings. The Balaban J connectivity index is 1.61.